The highest BCUT2D eigenvalue weighted by atomic mass is 31.2. The summed E-state index contributed by atoms with van der Waals surface area (Å²) in [5, 5.41) is 0. The van der Waals surface area contributed by atoms with Gasteiger partial charge in [-0.05, 0) is 40.0 Å². The zero-order chi connectivity index (χ0) is 18.7. The van der Waals surface area contributed by atoms with Crippen LogP contribution in [0.25, 0.3) is 0 Å². The molecule has 0 amide bonds. The van der Waals surface area contributed by atoms with Crippen LogP contribution in [-0.4, -0.2) is 69.6 Å². The predicted octanol–water partition coefficient (Wildman–Crippen LogP) is 1.10. The molecule has 0 unspecified atom stereocenters. The van der Waals surface area contributed by atoms with Gasteiger partial charge in [-0.2, -0.15) is 0 Å². The smallest absolute Gasteiger partial charge is 0.506 e. The maximum absolute atomic E-state index is 8.77. The van der Waals surface area contributed by atoms with Crippen LogP contribution in [-0.2, 0) is 17.8 Å². The van der Waals surface area contributed by atoms with Gasteiger partial charge in [0.25, 0.3) is 7.82 Å². The molecule has 1 aliphatic heterocycles. The third-order valence-corrected chi connectivity index (χ3v) is 6.97. The van der Waals surface area contributed by atoms with Gasteiger partial charge in [0.2, 0.25) is 0 Å². The summed E-state index contributed by atoms with van der Waals surface area (Å²) >= 11 is 0. The molecule has 1 rings (SSSR count). The Kier molecular flexibility index (Phi) is 11.8. The molecule has 0 bridgehead atoms. The van der Waals surface area contributed by atoms with E-state index < -0.39 is 16.6 Å². The van der Waals surface area contributed by atoms with E-state index in [1.165, 1.54) is 32.4 Å². The minimum atomic E-state index is -4.89. The van der Waals surface area contributed by atoms with Gasteiger partial charge in [0.05, 0.1) is 32.7 Å². The zero-order valence-corrected chi connectivity index (χ0v) is 17.3. The molecule has 10 heteroatoms. The zero-order valence-electron chi connectivity index (χ0n) is 15.4. The molecule has 1 fully saturated rings. The highest BCUT2D eigenvalue weighted by molar-refractivity contribution is 7.43. The summed E-state index contributed by atoms with van der Waals surface area (Å²) in [6, 6.07) is 0.943. The molecule has 24 heavy (non-hydrogen) atoms. The number of phosphoric acid groups is 1. The van der Waals surface area contributed by atoms with E-state index in [0.29, 0.717) is 19.8 Å². The first-order valence-electron chi connectivity index (χ1n) is 8.61. The molecule has 0 radical (unpaired) electrons. The largest absolute Gasteiger partial charge is 0.756 e. The van der Waals surface area contributed by atoms with E-state index in [1.807, 2.05) is 20.8 Å². The minimum Gasteiger partial charge on any atom is -0.756 e. The Balaban J connectivity index is 0.000000922. The number of nitrogens with zero attached hydrogens (tertiary/aromatic N) is 1. The van der Waals surface area contributed by atoms with Crippen molar-refractivity contribution in [3.63, 3.8) is 0 Å². The summed E-state index contributed by atoms with van der Waals surface area (Å²) in [7, 11) is -4.97. The van der Waals surface area contributed by atoms with Gasteiger partial charge in [0, 0.05) is 19.8 Å². The minimum absolute atomic E-state index is 0.677. The molecule has 1 saturated heterocycles. The van der Waals surface area contributed by atoms with Crippen LogP contribution in [0.4, 0.5) is 0 Å². The second-order valence-electron chi connectivity index (χ2n) is 6.07. The molecule has 1 heterocycles. The summed E-state index contributed by atoms with van der Waals surface area (Å²) < 4.78 is 27.7. The van der Waals surface area contributed by atoms with E-state index in [4.69, 9.17) is 32.5 Å². The average molecular weight is 387 g/mol. The van der Waals surface area contributed by atoms with Crippen LogP contribution in [0.2, 0.25) is 6.04 Å². The van der Waals surface area contributed by atoms with Crippen LogP contribution in [0.5, 0.6) is 0 Å². The van der Waals surface area contributed by atoms with Crippen LogP contribution < -0.4 is 4.89 Å². The molecular formula is C14H34NO7PSi. The third kappa shape index (κ3) is 11.7. The number of rotatable bonds is 9. The van der Waals surface area contributed by atoms with Crippen LogP contribution in [0, 0.1) is 0 Å². The van der Waals surface area contributed by atoms with Crippen LogP contribution in [0.15, 0.2) is 0 Å². The standard InChI is InChI=1S/C14H32NO3Si.H3O4P/c1-5-16-19(17-6-2,18-7-3)14-13-15(4)11-9-8-10-12-15;1-5(2,3)4/h5-14H2,1-4H3;(H3,1,2,3,4)/q+1;/p-1. The molecule has 146 valence electrons. The van der Waals surface area contributed by atoms with Gasteiger partial charge in [-0.1, -0.05) is 0 Å². The molecule has 1 aliphatic rings. The predicted molar refractivity (Wildman–Crippen MR) is 92.1 cm³/mol. The van der Waals surface area contributed by atoms with E-state index in [0.717, 1.165) is 17.1 Å². The quantitative estimate of drug-likeness (QED) is 0.346. The van der Waals surface area contributed by atoms with Gasteiger partial charge < -0.3 is 32.4 Å². The second kappa shape index (κ2) is 11.7. The van der Waals surface area contributed by atoms with Crippen LogP contribution >= 0.6 is 7.82 Å². The van der Waals surface area contributed by atoms with E-state index in [9.17, 15) is 0 Å². The highest BCUT2D eigenvalue weighted by Gasteiger charge is 2.43. The van der Waals surface area contributed by atoms with E-state index in [1.54, 1.807) is 0 Å². The molecule has 2 N–H and O–H groups in total. The van der Waals surface area contributed by atoms with Gasteiger partial charge in [-0.25, -0.2) is 0 Å². The van der Waals surface area contributed by atoms with Crippen molar-refractivity contribution >= 4 is 16.6 Å². The van der Waals surface area contributed by atoms with Crippen molar-refractivity contribution in [1.82, 2.24) is 0 Å². The van der Waals surface area contributed by atoms with Crippen molar-refractivity contribution in [3.05, 3.63) is 0 Å². The summed E-state index contributed by atoms with van der Waals surface area (Å²) in [5.74, 6) is 0. The third-order valence-electron chi connectivity index (χ3n) is 3.95. The Morgan fingerprint density at radius 3 is 1.71 bits per heavy atom. The molecule has 0 aromatic rings. The summed E-state index contributed by atoms with van der Waals surface area (Å²) in [5.41, 5.74) is 0. The summed E-state index contributed by atoms with van der Waals surface area (Å²) in [6.07, 6.45) is 4.09. The van der Waals surface area contributed by atoms with E-state index in [-0.39, 0.29) is 0 Å². The topological polar surface area (TPSA) is 108 Å². The molecule has 0 atom stereocenters. The first-order valence-corrected chi connectivity index (χ1v) is 12.1. The van der Waals surface area contributed by atoms with Crippen molar-refractivity contribution < 1.29 is 37.0 Å². The van der Waals surface area contributed by atoms with E-state index >= 15 is 0 Å². The number of quaternary nitrogens is 1. The van der Waals surface area contributed by atoms with E-state index in [2.05, 4.69) is 7.05 Å². The lowest BCUT2D eigenvalue weighted by molar-refractivity contribution is -0.912. The molecule has 0 aliphatic carbocycles. The fourth-order valence-corrected chi connectivity index (χ4v) is 5.72. The lowest BCUT2D eigenvalue weighted by Crippen LogP contribution is -2.54. The number of likely N-dealkylation sites (tertiary alicyclic amines) is 1. The fraction of sp³-hybridized carbons (Fsp3) is 1.00. The Labute approximate surface area is 146 Å². The molecule has 0 aromatic heterocycles. The lowest BCUT2D eigenvalue weighted by Gasteiger charge is -2.39. The molecular weight excluding hydrogens is 353 g/mol. The number of hydrogen-bond acceptors (Lipinski definition) is 5. The number of hydrogen-bond donors (Lipinski definition) is 2. The second-order valence-corrected chi connectivity index (χ2v) is 9.79. The summed E-state index contributed by atoms with van der Waals surface area (Å²) in [4.78, 5) is 22.9. The first-order chi connectivity index (χ1) is 11.1. The van der Waals surface area contributed by atoms with Gasteiger partial charge in [0.1, 0.15) is 0 Å². The van der Waals surface area contributed by atoms with Gasteiger partial charge in [0.15, 0.2) is 0 Å². The summed E-state index contributed by atoms with van der Waals surface area (Å²) in [6.45, 7) is 11.8. The lowest BCUT2D eigenvalue weighted by atomic mass is 10.1. The monoisotopic (exact) mass is 387 g/mol. The van der Waals surface area contributed by atoms with Crippen LogP contribution in [0.3, 0.4) is 0 Å². The molecule has 0 saturated carbocycles. The maximum atomic E-state index is 8.77. The van der Waals surface area contributed by atoms with Crippen molar-refractivity contribution in [2.24, 2.45) is 0 Å². The normalized spacial score (nSPS) is 18.0. The molecule has 0 aromatic carbocycles. The first kappa shape index (κ1) is 24.2. The van der Waals surface area contributed by atoms with Gasteiger partial charge in [-0.3, -0.25) is 4.57 Å². The maximum Gasteiger partial charge on any atom is 0.506 e. The van der Waals surface area contributed by atoms with Crippen molar-refractivity contribution in [2.45, 2.75) is 46.1 Å². The average Bonchev–Trinajstić information content (AvgIpc) is 2.45. The highest BCUT2D eigenvalue weighted by Crippen LogP contribution is 2.22. The van der Waals surface area contributed by atoms with Gasteiger partial charge in [-0.15, -0.1) is 0 Å². The Hall–Kier alpha value is 0.167. The van der Waals surface area contributed by atoms with Crippen molar-refractivity contribution in [2.75, 3.05) is 46.5 Å². The Morgan fingerprint density at radius 1 is 1.00 bits per heavy atom. The van der Waals surface area contributed by atoms with Gasteiger partial charge >= 0.3 is 8.80 Å². The molecule has 0 spiro atoms. The SMILES string of the molecule is CCO[Si](CC[N+]1(C)CCCCC1)(OCC)OCC.O=P([O-])(O)O. The fourth-order valence-electron chi connectivity index (χ4n) is 2.91. The Bertz CT molecular complexity index is 349. The Morgan fingerprint density at radius 2 is 1.38 bits per heavy atom. The van der Waals surface area contributed by atoms with Crippen molar-refractivity contribution in [3.8, 4) is 0 Å². The molecule has 8 nitrogen and oxygen atoms in total. The van der Waals surface area contributed by atoms with Crippen molar-refractivity contribution in [1.29, 1.82) is 0 Å². The number of piperidine rings is 1. The van der Waals surface area contributed by atoms with Crippen LogP contribution in [0.1, 0.15) is 40.0 Å².